The Morgan fingerprint density at radius 2 is 2.31 bits per heavy atom. The number of nitrogens with zero attached hydrogens (tertiary/aromatic N) is 2. The summed E-state index contributed by atoms with van der Waals surface area (Å²) in [5.41, 5.74) is 7.59. The molecule has 0 saturated carbocycles. The molecule has 2 aromatic heterocycles. The highest BCUT2D eigenvalue weighted by molar-refractivity contribution is 7.13. The standard InChI is InChI=1S/C9H11N5OS/c1-4-5(2)13-14-7(4)12-8(15)6-3-16-9(10)11-6/h3H,1-2H3,(H2,10,11)(H2,12,13,14,15). The topological polar surface area (TPSA) is 96.7 Å². The third kappa shape index (κ3) is 1.89. The smallest absolute Gasteiger partial charge is 0.276 e. The summed E-state index contributed by atoms with van der Waals surface area (Å²) in [5.74, 6) is 0.219. The highest BCUT2D eigenvalue weighted by Gasteiger charge is 2.13. The Labute approximate surface area is 95.9 Å². The molecule has 2 heterocycles. The van der Waals surface area contributed by atoms with E-state index in [1.165, 1.54) is 11.3 Å². The first-order chi connectivity index (χ1) is 7.58. The number of carbonyl (C=O) groups is 1. The van der Waals surface area contributed by atoms with Crippen LogP contribution in [0.25, 0.3) is 0 Å². The zero-order valence-electron chi connectivity index (χ0n) is 8.87. The number of aromatic nitrogens is 3. The Bertz CT molecular complexity index is 530. The van der Waals surface area contributed by atoms with Crippen molar-refractivity contribution in [3.63, 3.8) is 0 Å². The Hall–Kier alpha value is -1.89. The van der Waals surface area contributed by atoms with Crippen LogP contribution in [0.3, 0.4) is 0 Å². The number of aromatic amines is 1. The van der Waals surface area contributed by atoms with Crippen molar-refractivity contribution in [2.75, 3.05) is 11.1 Å². The molecular formula is C9H11N5OS. The number of aryl methyl sites for hydroxylation is 1. The first-order valence-electron chi connectivity index (χ1n) is 4.62. The maximum atomic E-state index is 11.7. The number of carbonyl (C=O) groups excluding carboxylic acids is 1. The number of amides is 1. The molecule has 0 aromatic carbocycles. The summed E-state index contributed by atoms with van der Waals surface area (Å²) < 4.78 is 0. The van der Waals surface area contributed by atoms with E-state index in [1.54, 1.807) is 5.38 Å². The molecule has 0 aliphatic rings. The van der Waals surface area contributed by atoms with Gasteiger partial charge in [0.25, 0.3) is 5.91 Å². The normalized spacial score (nSPS) is 10.4. The second-order valence-electron chi connectivity index (χ2n) is 3.35. The Morgan fingerprint density at radius 1 is 1.56 bits per heavy atom. The molecule has 84 valence electrons. The number of thiazole rings is 1. The molecule has 0 atom stereocenters. The van der Waals surface area contributed by atoms with Crippen LogP contribution in [0, 0.1) is 13.8 Å². The maximum Gasteiger partial charge on any atom is 0.276 e. The van der Waals surface area contributed by atoms with E-state index in [9.17, 15) is 4.79 Å². The van der Waals surface area contributed by atoms with E-state index in [-0.39, 0.29) is 5.91 Å². The molecule has 4 N–H and O–H groups in total. The van der Waals surface area contributed by atoms with Crippen molar-refractivity contribution >= 4 is 28.2 Å². The molecule has 0 bridgehead atoms. The Morgan fingerprint density at radius 3 is 2.81 bits per heavy atom. The van der Waals surface area contributed by atoms with Crippen LogP contribution in [0.4, 0.5) is 10.9 Å². The van der Waals surface area contributed by atoms with Crippen molar-refractivity contribution in [1.29, 1.82) is 0 Å². The van der Waals surface area contributed by atoms with Gasteiger partial charge in [-0.1, -0.05) is 0 Å². The van der Waals surface area contributed by atoms with Crippen LogP contribution in [-0.2, 0) is 0 Å². The summed E-state index contributed by atoms with van der Waals surface area (Å²) in [6.45, 7) is 3.77. The maximum absolute atomic E-state index is 11.7. The zero-order valence-corrected chi connectivity index (χ0v) is 9.68. The predicted molar refractivity (Wildman–Crippen MR) is 62.5 cm³/mol. The third-order valence-corrected chi connectivity index (χ3v) is 2.91. The number of nitrogens with one attached hydrogen (secondary N) is 2. The Kier molecular flexibility index (Phi) is 2.61. The summed E-state index contributed by atoms with van der Waals surface area (Å²) >= 11 is 1.23. The van der Waals surface area contributed by atoms with Gasteiger partial charge in [0.15, 0.2) is 10.9 Å². The fourth-order valence-electron chi connectivity index (χ4n) is 1.17. The molecular weight excluding hydrogens is 226 g/mol. The fourth-order valence-corrected chi connectivity index (χ4v) is 1.71. The summed E-state index contributed by atoms with van der Waals surface area (Å²) in [6, 6.07) is 0. The van der Waals surface area contributed by atoms with Crippen molar-refractivity contribution in [2.45, 2.75) is 13.8 Å². The second-order valence-corrected chi connectivity index (χ2v) is 4.24. The molecule has 1 amide bonds. The average Bonchev–Trinajstić information content (AvgIpc) is 2.79. The molecule has 0 saturated heterocycles. The minimum Gasteiger partial charge on any atom is -0.375 e. The Balaban J connectivity index is 2.17. The first kappa shape index (κ1) is 10.6. The monoisotopic (exact) mass is 237 g/mol. The number of nitrogens with two attached hydrogens (primary N) is 1. The van der Waals surface area contributed by atoms with Crippen molar-refractivity contribution < 1.29 is 4.79 Å². The minimum absolute atomic E-state index is 0.303. The van der Waals surface area contributed by atoms with Gasteiger partial charge in [-0.25, -0.2) is 4.98 Å². The lowest BCUT2D eigenvalue weighted by atomic mass is 10.3. The van der Waals surface area contributed by atoms with Gasteiger partial charge in [0.2, 0.25) is 0 Å². The van der Waals surface area contributed by atoms with E-state index in [4.69, 9.17) is 5.73 Å². The molecule has 16 heavy (non-hydrogen) atoms. The van der Waals surface area contributed by atoms with Crippen LogP contribution in [0.2, 0.25) is 0 Å². The number of hydrogen-bond donors (Lipinski definition) is 3. The van der Waals surface area contributed by atoms with E-state index < -0.39 is 0 Å². The SMILES string of the molecule is Cc1[nH]nc(NC(=O)c2csc(N)n2)c1C. The lowest BCUT2D eigenvalue weighted by molar-refractivity contribution is 0.102. The van der Waals surface area contributed by atoms with Crippen molar-refractivity contribution in [2.24, 2.45) is 0 Å². The van der Waals surface area contributed by atoms with Gasteiger partial charge in [0.05, 0.1) is 0 Å². The zero-order chi connectivity index (χ0) is 11.7. The van der Waals surface area contributed by atoms with E-state index >= 15 is 0 Å². The number of nitrogen functional groups attached to an aromatic ring is 1. The largest absolute Gasteiger partial charge is 0.375 e. The van der Waals surface area contributed by atoms with Crippen LogP contribution in [0.1, 0.15) is 21.7 Å². The van der Waals surface area contributed by atoms with Crippen LogP contribution < -0.4 is 11.1 Å². The number of H-pyrrole nitrogens is 1. The van der Waals surface area contributed by atoms with Gasteiger partial charge in [-0.15, -0.1) is 11.3 Å². The van der Waals surface area contributed by atoms with Gasteiger partial charge < -0.3 is 11.1 Å². The quantitative estimate of drug-likeness (QED) is 0.733. The molecule has 0 aliphatic carbocycles. The van der Waals surface area contributed by atoms with Gasteiger partial charge in [-0.3, -0.25) is 9.89 Å². The summed E-state index contributed by atoms with van der Waals surface area (Å²) in [4.78, 5) is 15.6. The van der Waals surface area contributed by atoms with Crippen molar-refractivity contribution in [3.05, 3.63) is 22.3 Å². The molecule has 7 heteroatoms. The van der Waals surface area contributed by atoms with Crippen LogP contribution >= 0.6 is 11.3 Å². The summed E-state index contributed by atoms with van der Waals surface area (Å²) in [6.07, 6.45) is 0. The highest BCUT2D eigenvalue weighted by Crippen LogP contribution is 2.16. The van der Waals surface area contributed by atoms with Gasteiger partial charge in [0.1, 0.15) is 5.69 Å². The summed E-state index contributed by atoms with van der Waals surface area (Å²) in [5, 5.41) is 11.4. The third-order valence-electron chi connectivity index (χ3n) is 2.24. The fraction of sp³-hybridized carbons (Fsp3) is 0.222. The number of hydrogen-bond acceptors (Lipinski definition) is 5. The second kappa shape index (κ2) is 3.93. The molecule has 0 aliphatic heterocycles. The van der Waals surface area contributed by atoms with E-state index in [0.717, 1.165) is 11.3 Å². The molecule has 2 aromatic rings. The lowest BCUT2D eigenvalue weighted by Crippen LogP contribution is -2.13. The van der Waals surface area contributed by atoms with Gasteiger partial charge in [-0.2, -0.15) is 5.10 Å². The first-order valence-corrected chi connectivity index (χ1v) is 5.50. The van der Waals surface area contributed by atoms with E-state index in [1.807, 2.05) is 13.8 Å². The molecule has 0 spiro atoms. The summed E-state index contributed by atoms with van der Waals surface area (Å²) in [7, 11) is 0. The van der Waals surface area contributed by atoms with Gasteiger partial charge in [0, 0.05) is 16.6 Å². The van der Waals surface area contributed by atoms with Crippen LogP contribution in [0.5, 0.6) is 0 Å². The van der Waals surface area contributed by atoms with Crippen molar-refractivity contribution in [3.8, 4) is 0 Å². The van der Waals surface area contributed by atoms with Gasteiger partial charge >= 0.3 is 0 Å². The number of anilines is 2. The minimum atomic E-state index is -0.303. The molecule has 0 unspecified atom stereocenters. The van der Waals surface area contributed by atoms with Gasteiger partial charge in [-0.05, 0) is 13.8 Å². The predicted octanol–water partition coefficient (Wildman–Crippen LogP) is 1.32. The van der Waals surface area contributed by atoms with Crippen LogP contribution in [-0.4, -0.2) is 21.1 Å². The lowest BCUT2D eigenvalue weighted by Gasteiger charge is -1.99. The van der Waals surface area contributed by atoms with E-state index in [2.05, 4.69) is 20.5 Å². The van der Waals surface area contributed by atoms with Crippen molar-refractivity contribution in [1.82, 2.24) is 15.2 Å². The van der Waals surface area contributed by atoms with Crippen LogP contribution in [0.15, 0.2) is 5.38 Å². The van der Waals surface area contributed by atoms with E-state index in [0.29, 0.717) is 16.6 Å². The molecule has 2 rings (SSSR count). The molecule has 6 nitrogen and oxygen atoms in total. The molecule has 0 fully saturated rings. The number of rotatable bonds is 2. The average molecular weight is 237 g/mol. The highest BCUT2D eigenvalue weighted by atomic mass is 32.1. The molecule has 0 radical (unpaired) electrons.